The summed E-state index contributed by atoms with van der Waals surface area (Å²) in [4.78, 5) is 16.2. The number of ether oxygens (including phenoxy) is 1. The molecule has 21 heavy (non-hydrogen) atoms. The number of anilines is 1. The highest BCUT2D eigenvalue weighted by Crippen LogP contribution is 2.22. The first-order valence-corrected chi connectivity index (χ1v) is 6.14. The molecule has 0 saturated carbocycles. The van der Waals surface area contributed by atoms with E-state index >= 15 is 0 Å². The zero-order chi connectivity index (χ0) is 14.8. The van der Waals surface area contributed by atoms with Gasteiger partial charge >= 0.3 is 6.01 Å². The van der Waals surface area contributed by atoms with Gasteiger partial charge in [-0.3, -0.25) is 10.1 Å². The number of H-pyrrole nitrogens is 1. The number of aromatic amines is 1. The molecule has 2 N–H and O–H groups in total. The van der Waals surface area contributed by atoms with Crippen LogP contribution in [0.1, 0.15) is 10.4 Å². The van der Waals surface area contributed by atoms with Crippen LogP contribution >= 0.6 is 0 Å². The van der Waals surface area contributed by atoms with Crippen LogP contribution in [0.25, 0.3) is 10.8 Å². The molecule has 0 spiro atoms. The maximum atomic E-state index is 13.7. The molecule has 0 aliphatic carbocycles. The minimum atomic E-state index is -0.412. The van der Waals surface area contributed by atoms with Crippen molar-refractivity contribution < 1.29 is 13.9 Å². The Kier molecular flexibility index (Phi) is 3.23. The minimum Gasteiger partial charge on any atom is -0.466 e. The smallest absolute Gasteiger partial charge is 0.336 e. The maximum absolute atomic E-state index is 13.7. The third-order valence-corrected chi connectivity index (χ3v) is 2.99. The van der Waals surface area contributed by atoms with Gasteiger partial charge in [-0.05, 0) is 17.5 Å². The first kappa shape index (κ1) is 13.0. The van der Waals surface area contributed by atoms with Crippen LogP contribution in [0.4, 0.5) is 10.3 Å². The van der Waals surface area contributed by atoms with Crippen LogP contribution < -0.4 is 10.1 Å². The molecule has 0 atom stereocenters. The van der Waals surface area contributed by atoms with Crippen LogP contribution in [-0.4, -0.2) is 28.2 Å². The van der Waals surface area contributed by atoms with Crippen molar-refractivity contribution in [1.29, 1.82) is 0 Å². The number of fused-ring (bicyclic) bond motifs is 1. The Hall–Kier alpha value is -2.96. The number of carbonyl (C=O) groups is 1. The van der Waals surface area contributed by atoms with E-state index < -0.39 is 5.91 Å². The molecule has 1 aromatic heterocycles. The van der Waals surface area contributed by atoms with Gasteiger partial charge in [-0.2, -0.15) is 4.98 Å². The Morgan fingerprint density at radius 3 is 2.71 bits per heavy atom. The number of nitrogens with one attached hydrogen (secondary N) is 2. The summed E-state index contributed by atoms with van der Waals surface area (Å²) in [6, 6.07) is 9.59. The highest BCUT2D eigenvalue weighted by atomic mass is 19.1. The second-order valence-corrected chi connectivity index (χ2v) is 4.27. The Balaban J connectivity index is 1.96. The molecular weight excluding hydrogens is 275 g/mol. The molecule has 0 unspecified atom stereocenters. The van der Waals surface area contributed by atoms with Crippen LogP contribution in [-0.2, 0) is 0 Å². The molecule has 106 valence electrons. The summed E-state index contributed by atoms with van der Waals surface area (Å²) >= 11 is 0. The van der Waals surface area contributed by atoms with Crippen molar-refractivity contribution in [1.82, 2.24) is 15.2 Å². The molecule has 3 aromatic rings. The van der Waals surface area contributed by atoms with Crippen molar-refractivity contribution in [3.05, 3.63) is 47.8 Å². The lowest BCUT2D eigenvalue weighted by Gasteiger charge is -2.06. The number of halogens is 1. The number of methoxy groups -OCH3 is 1. The summed E-state index contributed by atoms with van der Waals surface area (Å²) < 4.78 is 18.5. The van der Waals surface area contributed by atoms with Crippen LogP contribution in [0.2, 0.25) is 0 Å². The third-order valence-electron chi connectivity index (χ3n) is 2.99. The van der Waals surface area contributed by atoms with Crippen LogP contribution in [0.5, 0.6) is 6.01 Å². The number of amides is 1. The number of carbonyl (C=O) groups excluding carboxylic acids is 1. The van der Waals surface area contributed by atoms with Gasteiger partial charge in [0.1, 0.15) is 5.82 Å². The van der Waals surface area contributed by atoms with Crippen molar-refractivity contribution in [3.8, 4) is 6.01 Å². The predicted octanol–water partition coefficient (Wildman–Crippen LogP) is 2.36. The first-order valence-electron chi connectivity index (χ1n) is 6.14. The van der Waals surface area contributed by atoms with Gasteiger partial charge in [-0.1, -0.05) is 24.3 Å². The fraction of sp³-hybridized carbons (Fsp3) is 0.0714. The third kappa shape index (κ3) is 2.40. The fourth-order valence-electron chi connectivity index (χ4n) is 2.03. The van der Waals surface area contributed by atoms with E-state index in [0.717, 1.165) is 0 Å². The van der Waals surface area contributed by atoms with Gasteiger partial charge < -0.3 is 4.74 Å². The SMILES string of the molecule is COc1n[nH]c(NC(=O)c2ccc(F)c3ccccc23)n1. The van der Waals surface area contributed by atoms with Gasteiger partial charge in [0, 0.05) is 10.9 Å². The molecule has 7 heteroatoms. The molecule has 1 amide bonds. The largest absolute Gasteiger partial charge is 0.466 e. The number of hydrogen-bond acceptors (Lipinski definition) is 4. The normalized spacial score (nSPS) is 10.6. The van der Waals surface area contributed by atoms with Gasteiger partial charge in [0.2, 0.25) is 5.95 Å². The van der Waals surface area contributed by atoms with Crippen LogP contribution in [0.3, 0.4) is 0 Å². The lowest BCUT2D eigenvalue weighted by Crippen LogP contribution is -2.13. The Morgan fingerprint density at radius 1 is 1.24 bits per heavy atom. The van der Waals surface area contributed by atoms with Crippen molar-refractivity contribution in [2.45, 2.75) is 0 Å². The summed E-state index contributed by atoms with van der Waals surface area (Å²) in [5, 5.41) is 9.72. The zero-order valence-electron chi connectivity index (χ0n) is 11.1. The Bertz CT molecular complexity index is 816. The Morgan fingerprint density at radius 2 is 2.00 bits per heavy atom. The van der Waals surface area contributed by atoms with Gasteiger partial charge in [-0.15, -0.1) is 5.10 Å². The molecule has 0 saturated heterocycles. The van der Waals surface area contributed by atoms with Gasteiger partial charge in [0.05, 0.1) is 7.11 Å². The summed E-state index contributed by atoms with van der Waals surface area (Å²) in [5.41, 5.74) is 0.349. The average Bonchev–Trinajstić information content (AvgIpc) is 2.95. The number of rotatable bonds is 3. The summed E-state index contributed by atoms with van der Waals surface area (Å²) in [6.45, 7) is 0. The summed E-state index contributed by atoms with van der Waals surface area (Å²) in [7, 11) is 1.42. The molecule has 1 heterocycles. The highest BCUT2D eigenvalue weighted by Gasteiger charge is 2.14. The van der Waals surface area contributed by atoms with Crippen molar-refractivity contribution in [2.24, 2.45) is 0 Å². The molecular formula is C14H11FN4O2. The minimum absolute atomic E-state index is 0.120. The number of nitrogens with zero attached hydrogens (tertiary/aromatic N) is 2. The Labute approximate surface area is 119 Å². The standard InChI is InChI=1S/C14H11FN4O2/c1-21-14-17-13(18-19-14)16-12(20)10-6-7-11(15)9-5-3-2-4-8(9)10/h2-7H,1H3,(H2,16,17,18,19,20). The van der Waals surface area contributed by atoms with Gasteiger partial charge in [0.25, 0.3) is 5.91 Å². The van der Waals surface area contributed by atoms with Gasteiger partial charge in [0.15, 0.2) is 0 Å². The van der Waals surface area contributed by atoms with E-state index in [1.807, 2.05) is 0 Å². The molecule has 6 nitrogen and oxygen atoms in total. The fourth-order valence-corrected chi connectivity index (χ4v) is 2.03. The van der Waals surface area contributed by atoms with Crippen molar-refractivity contribution in [2.75, 3.05) is 12.4 Å². The molecule has 0 fully saturated rings. The van der Waals surface area contributed by atoms with Crippen molar-refractivity contribution >= 4 is 22.6 Å². The second-order valence-electron chi connectivity index (χ2n) is 4.27. The first-order chi connectivity index (χ1) is 10.2. The van der Waals surface area contributed by atoms with E-state index in [0.29, 0.717) is 16.3 Å². The second kappa shape index (κ2) is 5.20. The van der Waals surface area contributed by atoms with E-state index in [-0.39, 0.29) is 17.8 Å². The molecule has 0 radical (unpaired) electrons. The zero-order valence-corrected chi connectivity index (χ0v) is 11.1. The number of aromatic nitrogens is 3. The molecule has 3 rings (SSSR count). The predicted molar refractivity (Wildman–Crippen MR) is 74.8 cm³/mol. The molecule has 0 aliphatic heterocycles. The lowest BCUT2D eigenvalue weighted by molar-refractivity contribution is 0.102. The monoisotopic (exact) mass is 286 g/mol. The quantitative estimate of drug-likeness (QED) is 0.774. The van der Waals surface area contributed by atoms with E-state index in [2.05, 4.69) is 20.5 Å². The topological polar surface area (TPSA) is 79.9 Å². The van der Waals surface area contributed by atoms with E-state index in [9.17, 15) is 9.18 Å². The average molecular weight is 286 g/mol. The molecule has 0 bridgehead atoms. The number of hydrogen-bond donors (Lipinski definition) is 2. The molecule has 2 aromatic carbocycles. The van der Waals surface area contributed by atoms with E-state index in [4.69, 9.17) is 4.74 Å². The van der Waals surface area contributed by atoms with E-state index in [1.165, 1.54) is 19.2 Å². The maximum Gasteiger partial charge on any atom is 0.336 e. The number of benzene rings is 2. The lowest BCUT2D eigenvalue weighted by atomic mass is 10.0. The van der Waals surface area contributed by atoms with Crippen molar-refractivity contribution in [3.63, 3.8) is 0 Å². The van der Waals surface area contributed by atoms with Crippen LogP contribution in [0.15, 0.2) is 36.4 Å². The summed E-state index contributed by atoms with van der Waals surface area (Å²) in [6.07, 6.45) is 0. The van der Waals surface area contributed by atoms with Gasteiger partial charge in [-0.25, -0.2) is 9.49 Å². The molecule has 0 aliphatic rings. The highest BCUT2D eigenvalue weighted by molar-refractivity contribution is 6.12. The van der Waals surface area contributed by atoms with Crippen LogP contribution in [0, 0.1) is 5.82 Å². The summed E-state index contributed by atoms with van der Waals surface area (Å²) in [5.74, 6) is -0.626. The van der Waals surface area contributed by atoms with E-state index in [1.54, 1.807) is 24.3 Å².